The maximum absolute atomic E-state index is 4.68. The van der Waals surface area contributed by atoms with Gasteiger partial charge in [-0.3, -0.25) is 4.68 Å². The molecule has 0 spiro atoms. The van der Waals surface area contributed by atoms with Crippen LogP contribution in [0.15, 0.2) is 12.4 Å². The van der Waals surface area contributed by atoms with E-state index >= 15 is 0 Å². The molecule has 19 heavy (non-hydrogen) atoms. The molecule has 3 rings (SSSR count). The third-order valence-corrected chi connectivity index (χ3v) is 4.05. The van der Waals surface area contributed by atoms with E-state index < -0.39 is 0 Å². The Kier molecular flexibility index (Phi) is 3.42. The summed E-state index contributed by atoms with van der Waals surface area (Å²) < 4.78 is 1.78. The summed E-state index contributed by atoms with van der Waals surface area (Å²) in [5.41, 5.74) is 3.41. The fourth-order valence-corrected chi connectivity index (χ4v) is 3.15. The first kappa shape index (κ1) is 12.5. The van der Waals surface area contributed by atoms with E-state index in [2.05, 4.69) is 27.3 Å². The van der Waals surface area contributed by atoms with E-state index in [1.807, 2.05) is 31.2 Å². The highest BCUT2D eigenvalue weighted by atomic mass is 32.2. The topological polar surface area (TPSA) is 55.6 Å². The molecule has 1 N–H and O–H groups in total. The normalized spacial score (nSPS) is 13.6. The second-order valence-electron chi connectivity index (χ2n) is 4.64. The van der Waals surface area contributed by atoms with Crippen LogP contribution in [0, 0.1) is 0 Å². The lowest BCUT2D eigenvalue weighted by molar-refractivity contribution is 0.768. The highest BCUT2D eigenvalue weighted by Crippen LogP contribution is 2.34. The molecule has 3 heterocycles. The molecule has 0 unspecified atom stereocenters. The van der Waals surface area contributed by atoms with Crippen molar-refractivity contribution < 1.29 is 0 Å². The van der Waals surface area contributed by atoms with Gasteiger partial charge < -0.3 is 5.32 Å². The number of fused-ring (bicyclic) bond motifs is 1. The van der Waals surface area contributed by atoms with Crippen LogP contribution in [0.1, 0.15) is 24.6 Å². The molecule has 6 heteroatoms. The van der Waals surface area contributed by atoms with Crippen molar-refractivity contribution in [2.24, 2.45) is 7.05 Å². The van der Waals surface area contributed by atoms with Crippen LogP contribution in [0.4, 0.5) is 5.82 Å². The standard InChI is InChI=1S/C13H17N5S/c1-3-4-14-13-10-7-19-8-11(10)16-12(17-13)9-5-15-18(2)6-9/h5-6H,3-4,7-8H2,1-2H3,(H,14,16,17). The van der Waals surface area contributed by atoms with E-state index in [1.165, 1.54) is 5.56 Å². The van der Waals surface area contributed by atoms with Crippen LogP contribution in [0.25, 0.3) is 11.4 Å². The summed E-state index contributed by atoms with van der Waals surface area (Å²) in [6, 6.07) is 0. The lowest BCUT2D eigenvalue weighted by Crippen LogP contribution is -2.07. The van der Waals surface area contributed by atoms with Crippen molar-refractivity contribution in [3.63, 3.8) is 0 Å². The molecule has 1 aliphatic rings. The lowest BCUT2D eigenvalue weighted by atomic mass is 10.2. The summed E-state index contributed by atoms with van der Waals surface area (Å²) in [7, 11) is 1.91. The first-order chi connectivity index (χ1) is 9.28. The van der Waals surface area contributed by atoms with Gasteiger partial charge in [-0.2, -0.15) is 16.9 Å². The second-order valence-corrected chi connectivity index (χ2v) is 5.63. The van der Waals surface area contributed by atoms with Gasteiger partial charge in [0.25, 0.3) is 0 Å². The quantitative estimate of drug-likeness (QED) is 0.929. The highest BCUT2D eigenvalue weighted by Gasteiger charge is 2.20. The van der Waals surface area contributed by atoms with Gasteiger partial charge in [0.1, 0.15) is 5.82 Å². The van der Waals surface area contributed by atoms with Gasteiger partial charge in [-0.05, 0) is 6.42 Å². The van der Waals surface area contributed by atoms with Gasteiger partial charge in [-0.1, -0.05) is 6.92 Å². The van der Waals surface area contributed by atoms with Gasteiger partial charge in [-0.15, -0.1) is 0 Å². The van der Waals surface area contributed by atoms with Gasteiger partial charge >= 0.3 is 0 Å². The Morgan fingerprint density at radius 3 is 3.00 bits per heavy atom. The number of anilines is 1. The van der Waals surface area contributed by atoms with Crippen LogP contribution < -0.4 is 5.32 Å². The molecule has 1 aliphatic heterocycles. The van der Waals surface area contributed by atoms with Gasteiger partial charge in [-0.25, -0.2) is 9.97 Å². The van der Waals surface area contributed by atoms with Crippen LogP contribution in [0.5, 0.6) is 0 Å². The third-order valence-electron chi connectivity index (χ3n) is 3.08. The minimum atomic E-state index is 0.771. The monoisotopic (exact) mass is 275 g/mol. The fourth-order valence-electron chi connectivity index (χ4n) is 2.11. The molecule has 0 aromatic carbocycles. The molecule has 100 valence electrons. The molecule has 0 fully saturated rings. The minimum Gasteiger partial charge on any atom is -0.370 e. The Morgan fingerprint density at radius 2 is 2.26 bits per heavy atom. The second kappa shape index (κ2) is 5.21. The SMILES string of the molecule is CCCNc1nc(-c2cnn(C)c2)nc2c1CSC2. The number of aromatic nitrogens is 4. The molecule has 0 saturated heterocycles. The number of aryl methyl sites for hydroxylation is 1. The molecule has 2 aromatic heterocycles. The van der Waals surface area contributed by atoms with Crippen LogP contribution >= 0.6 is 11.8 Å². The van der Waals surface area contributed by atoms with E-state index in [9.17, 15) is 0 Å². The zero-order valence-electron chi connectivity index (χ0n) is 11.2. The van der Waals surface area contributed by atoms with E-state index in [-0.39, 0.29) is 0 Å². The maximum atomic E-state index is 4.68. The summed E-state index contributed by atoms with van der Waals surface area (Å²) >= 11 is 1.90. The van der Waals surface area contributed by atoms with Crippen molar-refractivity contribution in [1.29, 1.82) is 0 Å². The number of hydrogen-bond donors (Lipinski definition) is 1. The van der Waals surface area contributed by atoms with Crippen molar-refractivity contribution in [1.82, 2.24) is 19.7 Å². The van der Waals surface area contributed by atoms with Crippen LogP contribution in [-0.4, -0.2) is 26.3 Å². The molecule has 0 saturated carbocycles. The highest BCUT2D eigenvalue weighted by molar-refractivity contribution is 7.98. The predicted octanol–water partition coefficient (Wildman–Crippen LogP) is 2.45. The average Bonchev–Trinajstić information content (AvgIpc) is 3.03. The smallest absolute Gasteiger partial charge is 0.164 e. The first-order valence-electron chi connectivity index (χ1n) is 6.48. The van der Waals surface area contributed by atoms with E-state index in [0.29, 0.717) is 0 Å². The van der Waals surface area contributed by atoms with Crippen LogP contribution in [0.3, 0.4) is 0 Å². The van der Waals surface area contributed by atoms with Crippen LogP contribution in [0.2, 0.25) is 0 Å². The van der Waals surface area contributed by atoms with Crippen molar-refractivity contribution in [2.45, 2.75) is 24.9 Å². The summed E-state index contributed by atoms with van der Waals surface area (Å²) in [5, 5.41) is 7.61. The Hall–Kier alpha value is -1.56. The number of nitrogens with zero attached hydrogens (tertiary/aromatic N) is 4. The number of hydrogen-bond acceptors (Lipinski definition) is 5. The summed E-state index contributed by atoms with van der Waals surface area (Å²) in [6.07, 6.45) is 4.86. The zero-order valence-corrected chi connectivity index (χ0v) is 12.0. The van der Waals surface area contributed by atoms with Crippen molar-refractivity contribution in [3.05, 3.63) is 23.7 Å². The van der Waals surface area contributed by atoms with Crippen molar-refractivity contribution in [3.8, 4) is 11.4 Å². The van der Waals surface area contributed by atoms with Gasteiger partial charge in [0, 0.05) is 36.9 Å². The largest absolute Gasteiger partial charge is 0.370 e. The van der Waals surface area contributed by atoms with Gasteiger partial charge in [0.2, 0.25) is 0 Å². The molecular formula is C13H17N5S. The number of nitrogens with one attached hydrogen (secondary N) is 1. The summed E-state index contributed by atoms with van der Waals surface area (Å²) in [4.78, 5) is 9.36. The Balaban J connectivity index is 2.02. The molecular weight excluding hydrogens is 258 g/mol. The van der Waals surface area contributed by atoms with E-state index in [4.69, 9.17) is 0 Å². The molecule has 0 aliphatic carbocycles. The van der Waals surface area contributed by atoms with Gasteiger partial charge in [0.15, 0.2) is 5.82 Å². The van der Waals surface area contributed by atoms with Crippen molar-refractivity contribution >= 4 is 17.6 Å². The van der Waals surface area contributed by atoms with E-state index in [0.717, 1.165) is 47.4 Å². The number of rotatable bonds is 4. The third kappa shape index (κ3) is 2.45. The Morgan fingerprint density at radius 1 is 1.37 bits per heavy atom. The predicted molar refractivity (Wildman–Crippen MR) is 78.0 cm³/mol. The van der Waals surface area contributed by atoms with Crippen LogP contribution in [-0.2, 0) is 18.6 Å². The molecule has 0 amide bonds. The zero-order chi connectivity index (χ0) is 13.2. The molecule has 5 nitrogen and oxygen atoms in total. The van der Waals surface area contributed by atoms with Gasteiger partial charge in [0.05, 0.1) is 17.5 Å². The lowest BCUT2D eigenvalue weighted by Gasteiger charge is -2.10. The molecule has 0 bridgehead atoms. The van der Waals surface area contributed by atoms with Crippen molar-refractivity contribution in [2.75, 3.05) is 11.9 Å². The molecule has 0 atom stereocenters. The average molecular weight is 275 g/mol. The molecule has 2 aromatic rings. The first-order valence-corrected chi connectivity index (χ1v) is 7.64. The number of thioether (sulfide) groups is 1. The van der Waals surface area contributed by atoms with E-state index in [1.54, 1.807) is 4.68 Å². The minimum absolute atomic E-state index is 0.771. The maximum Gasteiger partial charge on any atom is 0.164 e. The summed E-state index contributed by atoms with van der Waals surface area (Å²) in [5.74, 6) is 3.75. The fraction of sp³-hybridized carbons (Fsp3) is 0.462. The summed E-state index contributed by atoms with van der Waals surface area (Å²) in [6.45, 7) is 3.10. The Labute approximate surface area is 116 Å². The Bertz CT molecular complexity index is 593. The molecule has 0 radical (unpaired) electrons.